The molecule has 51 heavy (non-hydrogen) atoms. The van der Waals surface area contributed by atoms with Gasteiger partial charge in [0.25, 0.3) is 0 Å². The average Bonchev–Trinajstić information content (AvgIpc) is 3.13. The van der Waals surface area contributed by atoms with Gasteiger partial charge in [0.1, 0.15) is 6.61 Å². The molecule has 1 N–H and O–H groups in total. The minimum Gasteiger partial charge on any atom is -0.462 e. The quantitative estimate of drug-likeness (QED) is 0.0501. The number of hydrogen-bond acceptors (Lipinski definition) is 5. The van der Waals surface area contributed by atoms with E-state index in [2.05, 4.69) is 13.8 Å². The average molecular weight is 723 g/mol. The maximum Gasteiger partial charge on any atom is 0.306 e. The van der Waals surface area contributed by atoms with Gasteiger partial charge in [-0.2, -0.15) is 0 Å². The van der Waals surface area contributed by atoms with Gasteiger partial charge in [0, 0.05) is 12.8 Å². The molecule has 304 valence electrons. The van der Waals surface area contributed by atoms with Gasteiger partial charge in [-0.05, 0) is 12.8 Å². The molecule has 0 aromatic rings. The van der Waals surface area contributed by atoms with Crippen LogP contribution in [0.4, 0.5) is 0 Å². The van der Waals surface area contributed by atoms with Gasteiger partial charge in [0.05, 0.1) is 6.61 Å². The summed E-state index contributed by atoms with van der Waals surface area (Å²) in [5, 5.41) is 9.57. The van der Waals surface area contributed by atoms with Gasteiger partial charge in [0.2, 0.25) is 0 Å². The zero-order valence-electron chi connectivity index (χ0n) is 34.6. The van der Waals surface area contributed by atoms with Gasteiger partial charge in [-0.25, -0.2) is 0 Å². The first-order valence-electron chi connectivity index (χ1n) is 23.1. The standard InChI is InChI=1S/C46H90O5/c1-3-5-7-9-11-13-15-17-18-19-20-21-22-23-24-25-26-27-28-29-31-33-35-37-39-41-46(49)51-44(42-47)43-50-45(48)40-38-36-34-32-30-16-14-12-10-8-6-4-2/h44,47H,3-43H2,1-2H3. The van der Waals surface area contributed by atoms with Crippen molar-refractivity contribution in [1.82, 2.24) is 0 Å². The summed E-state index contributed by atoms with van der Waals surface area (Å²) in [6, 6.07) is 0. The van der Waals surface area contributed by atoms with Crippen LogP contribution in [0.15, 0.2) is 0 Å². The molecule has 0 bridgehead atoms. The summed E-state index contributed by atoms with van der Waals surface area (Å²) in [6.45, 7) is 4.17. The van der Waals surface area contributed by atoms with Crippen LogP contribution < -0.4 is 0 Å². The van der Waals surface area contributed by atoms with E-state index in [4.69, 9.17) is 9.47 Å². The number of carbonyl (C=O) groups is 2. The van der Waals surface area contributed by atoms with Gasteiger partial charge in [0.15, 0.2) is 6.10 Å². The van der Waals surface area contributed by atoms with Crippen LogP contribution in [0.3, 0.4) is 0 Å². The van der Waals surface area contributed by atoms with Crippen molar-refractivity contribution in [3.05, 3.63) is 0 Å². The maximum atomic E-state index is 12.2. The van der Waals surface area contributed by atoms with Crippen molar-refractivity contribution in [3.63, 3.8) is 0 Å². The van der Waals surface area contributed by atoms with Gasteiger partial charge in [-0.3, -0.25) is 9.59 Å². The largest absolute Gasteiger partial charge is 0.462 e. The van der Waals surface area contributed by atoms with Crippen LogP contribution in [0.25, 0.3) is 0 Å². The Balaban J connectivity index is 3.41. The summed E-state index contributed by atoms with van der Waals surface area (Å²) in [5.41, 5.74) is 0. The van der Waals surface area contributed by atoms with E-state index < -0.39 is 6.10 Å². The van der Waals surface area contributed by atoms with Crippen molar-refractivity contribution in [1.29, 1.82) is 0 Å². The van der Waals surface area contributed by atoms with Crippen LogP contribution in [0.2, 0.25) is 0 Å². The molecule has 0 aromatic heterocycles. The molecular formula is C46H90O5. The molecule has 0 heterocycles. The molecule has 1 unspecified atom stereocenters. The number of esters is 2. The van der Waals surface area contributed by atoms with Crippen molar-refractivity contribution in [3.8, 4) is 0 Å². The molecule has 0 aliphatic rings. The Hall–Kier alpha value is -1.10. The summed E-state index contributed by atoms with van der Waals surface area (Å²) in [6.07, 6.45) is 49.1. The molecule has 0 fully saturated rings. The Morgan fingerprint density at radius 2 is 0.608 bits per heavy atom. The molecule has 0 radical (unpaired) electrons. The SMILES string of the molecule is CCCCCCCCCCCCCCCCCCCCCCCCCCCC(=O)OC(CO)COC(=O)CCCCCCCCCCCCCC. The normalized spacial score (nSPS) is 12.0. The summed E-state index contributed by atoms with van der Waals surface area (Å²) < 4.78 is 10.6. The highest BCUT2D eigenvalue weighted by molar-refractivity contribution is 5.70. The smallest absolute Gasteiger partial charge is 0.306 e. The second-order valence-corrected chi connectivity index (χ2v) is 15.9. The second-order valence-electron chi connectivity index (χ2n) is 15.9. The molecular weight excluding hydrogens is 633 g/mol. The fraction of sp³-hybridized carbons (Fsp3) is 0.957. The van der Waals surface area contributed by atoms with Gasteiger partial charge < -0.3 is 14.6 Å². The van der Waals surface area contributed by atoms with E-state index in [-0.39, 0.29) is 25.2 Å². The van der Waals surface area contributed by atoms with Crippen molar-refractivity contribution >= 4 is 11.9 Å². The summed E-state index contributed by atoms with van der Waals surface area (Å²) in [5.74, 6) is -0.572. The Kier molecular flexibility index (Phi) is 42.4. The van der Waals surface area contributed by atoms with Gasteiger partial charge in [-0.1, -0.05) is 239 Å². The first-order valence-corrected chi connectivity index (χ1v) is 23.1. The predicted molar refractivity (Wildman–Crippen MR) is 219 cm³/mol. The number of aliphatic hydroxyl groups excluding tert-OH is 1. The lowest BCUT2D eigenvalue weighted by Crippen LogP contribution is -2.28. The molecule has 0 aromatic carbocycles. The van der Waals surface area contributed by atoms with Crippen molar-refractivity contribution in [2.75, 3.05) is 13.2 Å². The van der Waals surface area contributed by atoms with Crippen LogP contribution in [0.1, 0.15) is 264 Å². The summed E-state index contributed by atoms with van der Waals surface area (Å²) >= 11 is 0. The maximum absolute atomic E-state index is 12.2. The molecule has 0 aliphatic carbocycles. The van der Waals surface area contributed by atoms with E-state index in [1.165, 1.54) is 205 Å². The van der Waals surface area contributed by atoms with E-state index in [0.29, 0.717) is 12.8 Å². The number of aliphatic hydroxyl groups is 1. The van der Waals surface area contributed by atoms with E-state index >= 15 is 0 Å². The molecule has 0 aliphatic heterocycles. The van der Waals surface area contributed by atoms with E-state index in [1.54, 1.807) is 0 Å². The molecule has 5 heteroatoms. The van der Waals surface area contributed by atoms with E-state index in [0.717, 1.165) is 32.1 Å². The second kappa shape index (κ2) is 43.3. The third-order valence-corrected chi connectivity index (χ3v) is 10.7. The monoisotopic (exact) mass is 723 g/mol. The number of carbonyl (C=O) groups excluding carboxylic acids is 2. The fourth-order valence-corrected chi connectivity index (χ4v) is 7.15. The fourth-order valence-electron chi connectivity index (χ4n) is 7.15. The molecule has 0 rings (SSSR count). The zero-order chi connectivity index (χ0) is 37.1. The zero-order valence-corrected chi connectivity index (χ0v) is 34.6. The molecule has 0 saturated heterocycles. The highest BCUT2D eigenvalue weighted by Crippen LogP contribution is 2.17. The Labute approximate surface area is 319 Å². The highest BCUT2D eigenvalue weighted by Gasteiger charge is 2.16. The lowest BCUT2D eigenvalue weighted by molar-refractivity contribution is -0.161. The van der Waals surface area contributed by atoms with Crippen molar-refractivity contribution in [2.45, 2.75) is 270 Å². The van der Waals surface area contributed by atoms with Crippen LogP contribution in [-0.2, 0) is 19.1 Å². The Morgan fingerprint density at radius 3 is 0.863 bits per heavy atom. The third kappa shape index (κ3) is 41.5. The first kappa shape index (κ1) is 49.9. The molecule has 1 atom stereocenters. The molecule has 0 saturated carbocycles. The summed E-state index contributed by atoms with van der Waals surface area (Å²) in [7, 11) is 0. The number of unbranched alkanes of at least 4 members (excludes halogenated alkanes) is 35. The van der Waals surface area contributed by atoms with Gasteiger partial charge >= 0.3 is 11.9 Å². The van der Waals surface area contributed by atoms with Crippen LogP contribution in [0.5, 0.6) is 0 Å². The Bertz CT molecular complexity index is 695. The highest BCUT2D eigenvalue weighted by atomic mass is 16.6. The number of hydrogen-bond donors (Lipinski definition) is 1. The number of ether oxygens (including phenoxy) is 2. The summed E-state index contributed by atoms with van der Waals surface area (Å²) in [4.78, 5) is 24.3. The molecule has 0 amide bonds. The van der Waals surface area contributed by atoms with Gasteiger partial charge in [-0.15, -0.1) is 0 Å². The number of rotatable bonds is 43. The minimum absolute atomic E-state index is 0.0567. The molecule has 0 spiro atoms. The van der Waals surface area contributed by atoms with Crippen LogP contribution in [0, 0.1) is 0 Å². The van der Waals surface area contributed by atoms with Crippen LogP contribution >= 0.6 is 0 Å². The van der Waals surface area contributed by atoms with Crippen molar-refractivity contribution in [2.24, 2.45) is 0 Å². The minimum atomic E-state index is -0.761. The van der Waals surface area contributed by atoms with E-state index in [9.17, 15) is 14.7 Å². The predicted octanol–water partition coefficient (Wildman–Crippen LogP) is 14.7. The topological polar surface area (TPSA) is 72.8 Å². The Morgan fingerprint density at radius 1 is 0.373 bits per heavy atom. The molecule has 5 nitrogen and oxygen atoms in total. The lowest BCUT2D eigenvalue weighted by Gasteiger charge is -2.15. The van der Waals surface area contributed by atoms with Crippen molar-refractivity contribution < 1.29 is 24.2 Å². The first-order chi connectivity index (χ1) is 25.1. The van der Waals surface area contributed by atoms with Crippen LogP contribution in [-0.4, -0.2) is 36.4 Å². The van der Waals surface area contributed by atoms with E-state index in [1.807, 2.05) is 0 Å². The third-order valence-electron chi connectivity index (χ3n) is 10.7. The lowest BCUT2D eigenvalue weighted by atomic mass is 10.0.